The van der Waals surface area contributed by atoms with Crippen molar-refractivity contribution in [3.8, 4) is 0 Å². The Kier molecular flexibility index (Phi) is 6.18. The van der Waals surface area contributed by atoms with E-state index in [1.54, 1.807) is 13.0 Å². The summed E-state index contributed by atoms with van der Waals surface area (Å²) in [4.78, 5) is 11.3. The predicted octanol–water partition coefficient (Wildman–Crippen LogP) is 3.10. The normalized spacial score (nSPS) is 24.9. The lowest BCUT2D eigenvalue weighted by molar-refractivity contribution is -0.138. The van der Waals surface area contributed by atoms with E-state index in [1.165, 1.54) is 6.07 Å². The van der Waals surface area contributed by atoms with E-state index in [0.29, 0.717) is 18.5 Å². The molecule has 0 amide bonds. The molecule has 130 valence electrons. The highest BCUT2D eigenvalue weighted by Gasteiger charge is 2.44. The third-order valence-electron chi connectivity index (χ3n) is 4.19. The third-order valence-corrected chi connectivity index (χ3v) is 4.19. The number of likely N-dealkylation sites (N-methyl/N-ethyl adjacent to an activating group) is 1. The molecule has 2 unspecified atom stereocenters. The molecule has 1 fully saturated rings. The predicted molar refractivity (Wildman–Crippen MR) is 80.0 cm³/mol. The quantitative estimate of drug-likeness (QED) is 0.873. The zero-order valence-corrected chi connectivity index (χ0v) is 13.4. The standard InChI is InChI=1S/C13H16F3NO.C3H6O2/c1-9-12(18,6-7-17(9)2)10-4-3-5-11(8-10)13(14,15)16;1-2-3(4)5/h3-5,8-9,18H,6-7H2,1-2H3;2H2,1H3,(H,4,5). The molecule has 7 heteroatoms. The lowest BCUT2D eigenvalue weighted by Crippen LogP contribution is -2.38. The van der Waals surface area contributed by atoms with E-state index in [2.05, 4.69) is 0 Å². The van der Waals surface area contributed by atoms with Crippen LogP contribution in [0.3, 0.4) is 0 Å². The van der Waals surface area contributed by atoms with E-state index >= 15 is 0 Å². The minimum atomic E-state index is -4.37. The highest BCUT2D eigenvalue weighted by molar-refractivity contribution is 5.66. The fourth-order valence-corrected chi connectivity index (χ4v) is 2.46. The number of carbonyl (C=O) groups is 1. The first-order valence-electron chi connectivity index (χ1n) is 7.34. The number of carboxylic acid groups (broad SMARTS) is 1. The zero-order chi connectivity index (χ0) is 17.8. The van der Waals surface area contributed by atoms with Crippen LogP contribution < -0.4 is 0 Å². The zero-order valence-electron chi connectivity index (χ0n) is 13.4. The number of nitrogens with zero attached hydrogens (tertiary/aromatic N) is 1. The highest BCUT2D eigenvalue weighted by Crippen LogP contribution is 2.39. The average molecular weight is 333 g/mol. The van der Waals surface area contributed by atoms with Gasteiger partial charge in [-0.15, -0.1) is 0 Å². The molecule has 1 aliphatic rings. The van der Waals surface area contributed by atoms with Gasteiger partial charge in [-0.1, -0.05) is 19.1 Å². The highest BCUT2D eigenvalue weighted by atomic mass is 19.4. The fraction of sp³-hybridized carbons (Fsp3) is 0.562. The van der Waals surface area contributed by atoms with Gasteiger partial charge in [0.25, 0.3) is 0 Å². The molecule has 0 saturated carbocycles. The maximum Gasteiger partial charge on any atom is 0.416 e. The van der Waals surface area contributed by atoms with Gasteiger partial charge < -0.3 is 15.1 Å². The Hall–Kier alpha value is -1.60. The molecule has 1 aromatic carbocycles. The van der Waals surface area contributed by atoms with Crippen LogP contribution in [0, 0.1) is 0 Å². The summed E-state index contributed by atoms with van der Waals surface area (Å²) in [6, 6.07) is 4.79. The van der Waals surface area contributed by atoms with Crippen molar-refractivity contribution in [2.75, 3.05) is 13.6 Å². The van der Waals surface area contributed by atoms with Gasteiger partial charge in [-0.2, -0.15) is 13.2 Å². The van der Waals surface area contributed by atoms with Crippen molar-refractivity contribution in [1.82, 2.24) is 4.90 Å². The molecular formula is C16H22F3NO3. The van der Waals surface area contributed by atoms with Crippen LogP contribution in [0.15, 0.2) is 24.3 Å². The SMILES string of the molecule is CC1N(C)CCC1(O)c1cccc(C(F)(F)F)c1.CCC(=O)O. The summed E-state index contributed by atoms with van der Waals surface area (Å²) in [5.41, 5.74) is -1.57. The van der Waals surface area contributed by atoms with Gasteiger partial charge in [-0.3, -0.25) is 4.79 Å². The number of hydrogen-bond donors (Lipinski definition) is 2. The molecule has 4 nitrogen and oxygen atoms in total. The van der Waals surface area contributed by atoms with Crippen molar-refractivity contribution in [1.29, 1.82) is 0 Å². The van der Waals surface area contributed by atoms with E-state index < -0.39 is 23.3 Å². The summed E-state index contributed by atoms with van der Waals surface area (Å²) in [6.07, 6.45) is -3.70. The smallest absolute Gasteiger partial charge is 0.416 e. The molecule has 2 N–H and O–H groups in total. The van der Waals surface area contributed by atoms with Gasteiger partial charge in [0.1, 0.15) is 5.60 Å². The first kappa shape index (κ1) is 19.4. The van der Waals surface area contributed by atoms with Crippen LogP contribution in [-0.2, 0) is 16.6 Å². The third kappa shape index (κ3) is 4.68. The maximum absolute atomic E-state index is 12.7. The molecule has 2 rings (SSSR count). The molecule has 1 heterocycles. The number of halogens is 3. The van der Waals surface area contributed by atoms with Gasteiger partial charge in [0.15, 0.2) is 0 Å². The lowest BCUT2D eigenvalue weighted by atomic mass is 9.86. The van der Waals surface area contributed by atoms with Crippen LogP contribution in [0.4, 0.5) is 13.2 Å². The van der Waals surface area contributed by atoms with E-state index in [-0.39, 0.29) is 12.5 Å². The Labute approximate surface area is 133 Å². The van der Waals surface area contributed by atoms with E-state index in [9.17, 15) is 23.1 Å². The minimum Gasteiger partial charge on any atom is -0.481 e. The van der Waals surface area contributed by atoms with Gasteiger partial charge >= 0.3 is 12.1 Å². The summed E-state index contributed by atoms with van der Waals surface area (Å²) in [5, 5.41) is 18.3. The summed E-state index contributed by atoms with van der Waals surface area (Å²) >= 11 is 0. The number of rotatable bonds is 2. The van der Waals surface area contributed by atoms with Crippen molar-refractivity contribution < 1.29 is 28.2 Å². The Morgan fingerprint density at radius 3 is 2.39 bits per heavy atom. The maximum atomic E-state index is 12.7. The topological polar surface area (TPSA) is 60.8 Å². The molecule has 0 aliphatic carbocycles. The molecule has 1 aliphatic heterocycles. The van der Waals surface area contributed by atoms with Crippen LogP contribution in [0.5, 0.6) is 0 Å². The van der Waals surface area contributed by atoms with Crippen LogP contribution in [0.25, 0.3) is 0 Å². The molecule has 2 atom stereocenters. The second-order valence-electron chi connectivity index (χ2n) is 5.66. The molecule has 1 aromatic rings. The monoisotopic (exact) mass is 333 g/mol. The van der Waals surface area contributed by atoms with Crippen molar-refractivity contribution >= 4 is 5.97 Å². The summed E-state index contributed by atoms with van der Waals surface area (Å²) in [6.45, 7) is 4.10. The Bertz CT molecular complexity index is 548. The Morgan fingerprint density at radius 1 is 1.43 bits per heavy atom. The number of likely N-dealkylation sites (tertiary alicyclic amines) is 1. The lowest BCUT2D eigenvalue weighted by Gasteiger charge is -2.30. The second-order valence-corrected chi connectivity index (χ2v) is 5.66. The molecule has 0 aromatic heterocycles. The number of carboxylic acids is 1. The number of aliphatic carboxylic acids is 1. The van der Waals surface area contributed by atoms with Gasteiger partial charge in [0.2, 0.25) is 0 Å². The molecule has 23 heavy (non-hydrogen) atoms. The number of alkyl halides is 3. The Balaban J connectivity index is 0.000000463. The summed E-state index contributed by atoms with van der Waals surface area (Å²) < 4.78 is 38.0. The summed E-state index contributed by atoms with van der Waals surface area (Å²) in [5.74, 6) is -0.745. The van der Waals surface area contributed by atoms with Gasteiger partial charge in [0.05, 0.1) is 5.56 Å². The number of benzene rings is 1. The molecular weight excluding hydrogens is 311 g/mol. The number of hydrogen-bond acceptors (Lipinski definition) is 3. The first-order valence-corrected chi connectivity index (χ1v) is 7.34. The fourth-order valence-electron chi connectivity index (χ4n) is 2.46. The average Bonchev–Trinajstić information content (AvgIpc) is 2.76. The van der Waals surface area contributed by atoms with Crippen molar-refractivity contribution in [2.24, 2.45) is 0 Å². The molecule has 0 bridgehead atoms. The van der Waals surface area contributed by atoms with Crippen LogP contribution in [0.1, 0.15) is 37.8 Å². The van der Waals surface area contributed by atoms with Gasteiger partial charge in [-0.25, -0.2) is 0 Å². The van der Waals surface area contributed by atoms with Gasteiger partial charge in [-0.05, 0) is 38.1 Å². The minimum absolute atomic E-state index is 0.194. The largest absolute Gasteiger partial charge is 0.481 e. The van der Waals surface area contributed by atoms with E-state index in [1.807, 2.05) is 18.9 Å². The molecule has 1 saturated heterocycles. The van der Waals surface area contributed by atoms with Crippen LogP contribution >= 0.6 is 0 Å². The van der Waals surface area contributed by atoms with Gasteiger partial charge in [0, 0.05) is 19.0 Å². The van der Waals surface area contributed by atoms with Crippen LogP contribution in [0.2, 0.25) is 0 Å². The van der Waals surface area contributed by atoms with Crippen molar-refractivity contribution in [3.05, 3.63) is 35.4 Å². The molecule has 0 spiro atoms. The van der Waals surface area contributed by atoms with Crippen molar-refractivity contribution in [3.63, 3.8) is 0 Å². The van der Waals surface area contributed by atoms with E-state index in [4.69, 9.17) is 5.11 Å². The number of aliphatic hydroxyl groups is 1. The van der Waals surface area contributed by atoms with E-state index in [0.717, 1.165) is 12.1 Å². The Morgan fingerprint density at radius 2 is 2.00 bits per heavy atom. The van der Waals surface area contributed by atoms with Crippen LogP contribution in [-0.4, -0.2) is 40.7 Å². The molecule has 0 radical (unpaired) electrons. The summed E-state index contributed by atoms with van der Waals surface area (Å²) in [7, 11) is 1.86. The van der Waals surface area contributed by atoms with Crippen molar-refractivity contribution in [2.45, 2.75) is 44.5 Å². The first-order chi connectivity index (χ1) is 10.5. The second kappa shape index (κ2) is 7.31.